The van der Waals surface area contributed by atoms with E-state index in [0.29, 0.717) is 0 Å². The third kappa shape index (κ3) is 2.19. The molecule has 0 N–H and O–H groups in total. The summed E-state index contributed by atoms with van der Waals surface area (Å²) in [4.78, 5) is 2.63. The summed E-state index contributed by atoms with van der Waals surface area (Å²) in [6.45, 7) is 5.92. The van der Waals surface area contributed by atoms with Crippen molar-refractivity contribution in [2.24, 2.45) is 0 Å². The van der Waals surface area contributed by atoms with Gasteiger partial charge in [0.05, 0.1) is 0 Å². The molecule has 1 fully saturated rings. The molecule has 1 aliphatic heterocycles. The van der Waals surface area contributed by atoms with E-state index in [4.69, 9.17) is 0 Å². The second kappa shape index (κ2) is 4.46. The van der Waals surface area contributed by atoms with Gasteiger partial charge < -0.3 is 0 Å². The summed E-state index contributed by atoms with van der Waals surface area (Å²) in [5.41, 5.74) is 0. The van der Waals surface area contributed by atoms with Crippen molar-refractivity contribution in [1.29, 1.82) is 0 Å². The van der Waals surface area contributed by atoms with Crippen LogP contribution >= 0.6 is 15.9 Å². The van der Waals surface area contributed by atoms with E-state index >= 15 is 0 Å². The summed E-state index contributed by atoms with van der Waals surface area (Å²) in [5, 5.41) is 1.15. The number of likely N-dealkylation sites (tertiary alicyclic amines) is 1. The molecule has 11 heavy (non-hydrogen) atoms. The minimum absolute atomic E-state index is 0.778. The molecule has 1 aliphatic rings. The van der Waals surface area contributed by atoms with Crippen LogP contribution in [0.25, 0.3) is 0 Å². The van der Waals surface area contributed by atoms with E-state index in [-0.39, 0.29) is 0 Å². The van der Waals surface area contributed by atoms with Crippen molar-refractivity contribution in [2.75, 3.05) is 11.9 Å². The van der Waals surface area contributed by atoms with Crippen molar-refractivity contribution in [2.45, 2.75) is 45.2 Å². The molecule has 66 valence electrons. The molecule has 0 radical (unpaired) electrons. The minimum atomic E-state index is 0.778. The maximum Gasteiger partial charge on any atom is 0.0196 e. The smallest absolute Gasteiger partial charge is 0.0196 e. The van der Waals surface area contributed by atoms with Crippen LogP contribution in [-0.2, 0) is 0 Å². The minimum Gasteiger partial charge on any atom is -0.297 e. The van der Waals surface area contributed by atoms with Crippen molar-refractivity contribution in [3.05, 3.63) is 0 Å². The van der Waals surface area contributed by atoms with Crippen LogP contribution in [0.1, 0.15) is 33.1 Å². The quantitative estimate of drug-likeness (QED) is 0.661. The number of halogens is 1. The van der Waals surface area contributed by atoms with Crippen LogP contribution in [-0.4, -0.2) is 28.9 Å². The second-order valence-electron chi connectivity index (χ2n) is 3.45. The van der Waals surface area contributed by atoms with E-state index in [1.807, 2.05) is 0 Å². The van der Waals surface area contributed by atoms with Crippen molar-refractivity contribution < 1.29 is 0 Å². The Labute approximate surface area is 78.3 Å². The highest BCUT2D eigenvalue weighted by Crippen LogP contribution is 2.22. The molecule has 1 nitrogen and oxygen atoms in total. The number of nitrogens with zero attached hydrogens (tertiary/aromatic N) is 1. The summed E-state index contributed by atoms with van der Waals surface area (Å²) >= 11 is 3.57. The van der Waals surface area contributed by atoms with Gasteiger partial charge in [-0.25, -0.2) is 0 Å². The monoisotopic (exact) mass is 219 g/mol. The van der Waals surface area contributed by atoms with E-state index in [0.717, 1.165) is 17.4 Å². The topological polar surface area (TPSA) is 3.24 Å². The third-order valence-electron chi connectivity index (χ3n) is 2.76. The standard InChI is InChI=1S/C9H18BrN/c1-3-8(2)11-6-4-5-9(11)7-10/h8-9H,3-7H2,1-2H3. The molecule has 0 saturated carbocycles. The van der Waals surface area contributed by atoms with E-state index in [1.54, 1.807) is 0 Å². The molecule has 0 spiro atoms. The van der Waals surface area contributed by atoms with Crippen LogP contribution in [0.2, 0.25) is 0 Å². The molecule has 0 aromatic heterocycles. The Bertz CT molecular complexity index is 116. The highest BCUT2D eigenvalue weighted by atomic mass is 79.9. The maximum atomic E-state index is 3.57. The molecular formula is C9H18BrN. The predicted molar refractivity (Wildman–Crippen MR) is 53.3 cm³/mol. The van der Waals surface area contributed by atoms with Gasteiger partial charge in [0.25, 0.3) is 0 Å². The summed E-state index contributed by atoms with van der Waals surface area (Å²) in [6.07, 6.45) is 4.06. The van der Waals surface area contributed by atoms with Crippen LogP contribution < -0.4 is 0 Å². The van der Waals surface area contributed by atoms with Gasteiger partial charge in [0.1, 0.15) is 0 Å². The molecule has 1 rings (SSSR count). The van der Waals surface area contributed by atoms with Crippen LogP contribution in [0.15, 0.2) is 0 Å². The lowest BCUT2D eigenvalue weighted by molar-refractivity contribution is 0.202. The molecular weight excluding hydrogens is 202 g/mol. The van der Waals surface area contributed by atoms with Gasteiger partial charge in [0.15, 0.2) is 0 Å². The van der Waals surface area contributed by atoms with Crippen LogP contribution in [0.3, 0.4) is 0 Å². The van der Waals surface area contributed by atoms with E-state index in [1.165, 1.54) is 25.8 Å². The zero-order valence-corrected chi connectivity index (χ0v) is 9.10. The molecule has 1 saturated heterocycles. The Morgan fingerprint density at radius 2 is 2.36 bits per heavy atom. The van der Waals surface area contributed by atoms with Gasteiger partial charge in [0, 0.05) is 17.4 Å². The first-order valence-corrected chi connectivity index (χ1v) is 5.73. The van der Waals surface area contributed by atoms with E-state index in [2.05, 4.69) is 34.7 Å². The van der Waals surface area contributed by atoms with Crippen molar-refractivity contribution >= 4 is 15.9 Å². The number of hydrogen-bond acceptors (Lipinski definition) is 1. The Morgan fingerprint density at radius 1 is 1.64 bits per heavy atom. The lowest BCUT2D eigenvalue weighted by atomic mass is 10.2. The summed E-state index contributed by atoms with van der Waals surface area (Å²) in [5.74, 6) is 0. The zero-order valence-electron chi connectivity index (χ0n) is 7.52. The van der Waals surface area contributed by atoms with Crippen LogP contribution in [0, 0.1) is 0 Å². The first-order valence-electron chi connectivity index (χ1n) is 4.61. The average molecular weight is 220 g/mol. The van der Waals surface area contributed by atoms with Gasteiger partial charge in [-0.3, -0.25) is 4.90 Å². The van der Waals surface area contributed by atoms with Crippen LogP contribution in [0.5, 0.6) is 0 Å². The van der Waals surface area contributed by atoms with Gasteiger partial charge in [-0.15, -0.1) is 0 Å². The molecule has 0 aromatic rings. The Balaban J connectivity index is 2.42. The lowest BCUT2D eigenvalue weighted by Gasteiger charge is -2.28. The normalized spacial score (nSPS) is 29.2. The fourth-order valence-corrected chi connectivity index (χ4v) is 2.53. The average Bonchev–Trinajstić information content (AvgIpc) is 2.50. The maximum absolute atomic E-state index is 3.57. The molecule has 0 aliphatic carbocycles. The first-order chi connectivity index (χ1) is 5.29. The predicted octanol–water partition coefficient (Wildman–Crippen LogP) is 2.64. The molecule has 2 heteroatoms. The molecule has 1 heterocycles. The first kappa shape index (κ1) is 9.53. The third-order valence-corrected chi connectivity index (χ3v) is 3.51. The number of rotatable bonds is 3. The Hall–Kier alpha value is 0.440. The van der Waals surface area contributed by atoms with Gasteiger partial charge >= 0.3 is 0 Å². The second-order valence-corrected chi connectivity index (χ2v) is 4.09. The van der Waals surface area contributed by atoms with Gasteiger partial charge in [-0.05, 0) is 32.7 Å². The summed E-state index contributed by atoms with van der Waals surface area (Å²) < 4.78 is 0. The molecule has 2 atom stereocenters. The summed E-state index contributed by atoms with van der Waals surface area (Å²) in [6, 6.07) is 1.59. The molecule has 0 aromatic carbocycles. The van der Waals surface area contributed by atoms with Crippen molar-refractivity contribution in [3.8, 4) is 0 Å². The molecule has 0 amide bonds. The Morgan fingerprint density at radius 3 is 2.91 bits per heavy atom. The lowest BCUT2D eigenvalue weighted by Crippen LogP contribution is -2.37. The fraction of sp³-hybridized carbons (Fsp3) is 1.00. The SMILES string of the molecule is CCC(C)N1CCCC1CBr. The molecule has 0 bridgehead atoms. The molecule has 2 unspecified atom stereocenters. The Kier molecular flexibility index (Phi) is 3.86. The van der Waals surface area contributed by atoms with Crippen molar-refractivity contribution in [1.82, 2.24) is 4.90 Å². The number of alkyl halides is 1. The van der Waals surface area contributed by atoms with Crippen molar-refractivity contribution in [3.63, 3.8) is 0 Å². The van der Waals surface area contributed by atoms with Gasteiger partial charge in [-0.2, -0.15) is 0 Å². The summed E-state index contributed by atoms with van der Waals surface area (Å²) in [7, 11) is 0. The van der Waals surface area contributed by atoms with Crippen LogP contribution in [0.4, 0.5) is 0 Å². The largest absolute Gasteiger partial charge is 0.297 e. The van der Waals surface area contributed by atoms with E-state index in [9.17, 15) is 0 Å². The van der Waals surface area contributed by atoms with Gasteiger partial charge in [0.2, 0.25) is 0 Å². The fourth-order valence-electron chi connectivity index (χ4n) is 1.84. The highest BCUT2D eigenvalue weighted by Gasteiger charge is 2.26. The zero-order chi connectivity index (χ0) is 8.27. The number of hydrogen-bond donors (Lipinski definition) is 0. The van der Waals surface area contributed by atoms with E-state index < -0.39 is 0 Å². The van der Waals surface area contributed by atoms with Gasteiger partial charge in [-0.1, -0.05) is 22.9 Å². The highest BCUT2D eigenvalue weighted by molar-refractivity contribution is 9.09.